The van der Waals surface area contributed by atoms with Crippen molar-refractivity contribution in [2.24, 2.45) is 0 Å². The zero-order chi connectivity index (χ0) is 23.0. The molecule has 0 saturated heterocycles. The summed E-state index contributed by atoms with van der Waals surface area (Å²) in [6.07, 6.45) is 0. The highest BCUT2D eigenvalue weighted by atomic mass is 14.9. The number of rotatable bonds is 0. The van der Waals surface area contributed by atoms with E-state index in [2.05, 4.69) is 122 Å². The maximum atomic E-state index is 2.51. The molecule has 0 aliphatic heterocycles. The van der Waals surface area contributed by atoms with Gasteiger partial charge in [0.2, 0.25) is 0 Å². The molecule has 162 valence electrons. The van der Waals surface area contributed by atoms with Gasteiger partial charge in [-0.25, -0.2) is 0 Å². The largest absolute Gasteiger partial charge is 0.308 e. The molecule has 0 radical (unpaired) electrons. The Morgan fingerprint density at radius 3 is 1.88 bits per heavy atom. The van der Waals surface area contributed by atoms with E-state index in [0.717, 1.165) is 0 Å². The molecule has 34 heavy (non-hydrogen) atoms. The van der Waals surface area contributed by atoms with Crippen LogP contribution >= 0.6 is 0 Å². The SMILES string of the molecule is Cc1ccc2c(c1)c1cc(C)cc3c4c(C)cccc4c4ccccc4c4ccccc4n2c13. The van der Waals surface area contributed by atoms with Gasteiger partial charge in [0, 0.05) is 21.5 Å². The summed E-state index contributed by atoms with van der Waals surface area (Å²) in [6, 6.07) is 36.1. The lowest BCUT2D eigenvalue weighted by molar-refractivity contribution is 1.35. The monoisotopic (exact) mass is 435 g/mol. The first-order valence-corrected chi connectivity index (χ1v) is 12.0. The van der Waals surface area contributed by atoms with E-state index in [4.69, 9.17) is 0 Å². The molecule has 7 aromatic rings. The minimum absolute atomic E-state index is 1.23. The molecule has 2 heterocycles. The molecule has 0 amide bonds. The number of aryl methyl sites for hydroxylation is 3. The third-order valence-corrected chi connectivity index (χ3v) is 7.36. The first-order chi connectivity index (χ1) is 16.6. The molecular formula is C33H25N. The van der Waals surface area contributed by atoms with Crippen molar-refractivity contribution in [2.45, 2.75) is 20.8 Å². The number of hydrogen-bond acceptors (Lipinski definition) is 0. The Bertz CT molecular complexity index is 1990. The van der Waals surface area contributed by atoms with Crippen LogP contribution in [0.1, 0.15) is 16.7 Å². The molecule has 0 spiro atoms. The van der Waals surface area contributed by atoms with Crippen molar-refractivity contribution >= 4 is 59.6 Å². The van der Waals surface area contributed by atoms with Gasteiger partial charge in [-0.15, -0.1) is 0 Å². The van der Waals surface area contributed by atoms with Crippen LogP contribution in [0.4, 0.5) is 0 Å². The van der Waals surface area contributed by atoms with Crippen LogP contribution in [0, 0.1) is 20.8 Å². The Labute approximate surface area is 198 Å². The van der Waals surface area contributed by atoms with E-state index in [0.29, 0.717) is 0 Å². The summed E-state index contributed by atoms with van der Waals surface area (Å²) < 4.78 is 2.51. The molecule has 0 aliphatic rings. The minimum Gasteiger partial charge on any atom is -0.308 e. The van der Waals surface area contributed by atoms with Gasteiger partial charge in [0.05, 0.1) is 16.6 Å². The maximum Gasteiger partial charge on any atom is 0.0620 e. The van der Waals surface area contributed by atoms with Gasteiger partial charge in [0.15, 0.2) is 0 Å². The van der Waals surface area contributed by atoms with Gasteiger partial charge in [-0.2, -0.15) is 0 Å². The Morgan fingerprint density at radius 1 is 0.441 bits per heavy atom. The zero-order valence-electron chi connectivity index (χ0n) is 19.7. The Hall–Kier alpha value is -4.10. The van der Waals surface area contributed by atoms with Gasteiger partial charge in [-0.05, 0) is 83.8 Å². The van der Waals surface area contributed by atoms with E-state index < -0.39 is 0 Å². The van der Waals surface area contributed by atoms with Crippen LogP contribution in [0.25, 0.3) is 59.6 Å². The van der Waals surface area contributed by atoms with Gasteiger partial charge in [0.25, 0.3) is 0 Å². The summed E-state index contributed by atoms with van der Waals surface area (Å²) >= 11 is 0. The van der Waals surface area contributed by atoms with Crippen molar-refractivity contribution in [3.8, 4) is 0 Å². The fourth-order valence-electron chi connectivity index (χ4n) is 5.95. The van der Waals surface area contributed by atoms with Crippen LogP contribution < -0.4 is 0 Å². The van der Waals surface area contributed by atoms with Crippen LogP contribution in [0.2, 0.25) is 0 Å². The van der Waals surface area contributed by atoms with Gasteiger partial charge < -0.3 is 4.40 Å². The van der Waals surface area contributed by atoms with Crippen molar-refractivity contribution in [3.63, 3.8) is 0 Å². The van der Waals surface area contributed by atoms with Gasteiger partial charge >= 0.3 is 0 Å². The third kappa shape index (κ3) is 2.55. The molecule has 1 nitrogen and oxygen atoms in total. The molecule has 1 heteroatoms. The average Bonchev–Trinajstić information content (AvgIpc) is 3.18. The second-order valence-corrected chi connectivity index (χ2v) is 9.62. The van der Waals surface area contributed by atoms with Crippen molar-refractivity contribution in [3.05, 3.63) is 114 Å². The summed E-state index contributed by atoms with van der Waals surface area (Å²) in [6.45, 7) is 6.66. The number of fused-ring (bicyclic) bond motifs is 10. The molecule has 0 bridgehead atoms. The quantitative estimate of drug-likeness (QED) is 0.224. The highest BCUT2D eigenvalue weighted by Gasteiger charge is 2.16. The lowest BCUT2D eigenvalue weighted by atomic mass is 9.97. The fourth-order valence-corrected chi connectivity index (χ4v) is 5.95. The third-order valence-electron chi connectivity index (χ3n) is 7.36. The van der Waals surface area contributed by atoms with Crippen LogP contribution in [-0.4, -0.2) is 4.40 Å². The smallest absolute Gasteiger partial charge is 0.0620 e. The summed E-state index contributed by atoms with van der Waals surface area (Å²) in [5.41, 5.74) is 7.67. The molecule has 0 N–H and O–H groups in total. The van der Waals surface area contributed by atoms with Crippen LogP contribution in [0.5, 0.6) is 0 Å². The van der Waals surface area contributed by atoms with E-state index in [9.17, 15) is 0 Å². The van der Waals surface area contributed by atoms with Gasteiger partial charge in [0.1, 0.15) is 0 Å². The molecule has 0 saturated carbocycles. The summed E-state index contributed by atoms with van der Waals surface area (Å²) in [5.74, 6) is 0. The standard InChI is InChI=1S/C33H25N/c1-20-15-16-31-27(17-20)28-18-21(2)19-29-32-22(3)9-8-13-26(32)24-11-5-4-10-23(24)25-12-6-7-14-30(25)34(31)33(28)29/h4-19H,1-3H3. The number of aromatic nitrogens is 1. The molecule has 0 fully saturated rings. The van der Waals surface area contributed by atoms with E-state index >= 15 is 0 Å². The first-order valence-electron chi connectivity index (χ1n) is 12.0. The Balaban J connectivity index is 2.04. The highest BCUT2D eigenvalue weighted by Crippen LogP contribution is 2.40. The van der Waals surface area contributed by atoms with Crippen molar-refractivity contribution < 1.29 is 0 Å². The van der Waals surface area contributed by atoms with E-state index in [1.807, 2.05) is 0 Å². The van der Waals surface area contributed by atoms with Crippen molar-refractivity contribution in [2.75, 3.05) is 0 Å². The first kappa shape index (κ1) is 19.4. The topological polar surface area (TPSA) is 4.41 Å². The lowest BCUT2D eigenvalue weighted by Gasteiger charge is -2.07. The summed E-state index contributed by atoms with van der Waals surface area (Å²) in [5, 5.41) is 10.4. The summed E-state index contributed by atoms with van der Waals surface area (Å²) in [4.78, 5) is 0. The molecule has 0 unspecified atom stereocenters. The lowest BCUT2D eigenvalue weighted by Crippen LogP contribution is -1.87. The molecular weight excluding hydrogens is 410 g/mol. The summed E-state index contributed by atoms with van der Waals surface area (Å²) in [7, 11) is 0. The van der Waals surface area contributed by atoms with Gasteiger partial charge in [-0.1, -0.05) is 72.3 Å². The van der Waals surface area contributed by atoms with Crippen molar-refractivity contribution in [1.29, 1.82) is 0 Å². The maximum absolute atomic E-state index is 2.51. The minimum atomic E-state index is 1.23. The Morgan fingerprint density at radius 2 is 1.06 bits per heavy atom. The second kappa shape index (κ2) is 6.95. The van der Waals surface area contributed by atoms with E-state index in [1.165, 1.54) is 76.3 Å². The van der Waals surface area contributed by atoms with Crippen LogP contribution in [0.15, 0.2) is 97.1 Å². The van der Waals surface area contributed by atoms with Gasteiger partial charge in [-0.3, -0.25) is 0 Å². The number of nitrogens with zero attached hydrogens (tertiary/aromatic N) is 1. The fraction of sp³-hybridized carbons (Fsp3) is 0.0909. The predicted molar refractivity (Wildman–Crippen MR) is 148 cm³/mol. The Kier molecular flexibility index (Phi) is 3.96. The number of hydrogen-bond donors (Lipinski definition) is 0. The predicted octanol–water partition coefficient (Wildman–Crippen LogP) is 9.19. The highest BCUT2D eigenvalue weighted by molar-refractivity contribution is 6.25. The van der Waals surface area contributed by atoms with Crippen molar-refractivity contribution in [1.82, 2.24) is 4.40 Å². The molecule has 0 aliphatic carbocycles. The van der Waals surface area contributed by atoms with E-state index in [-0.39, 0.29) is 0 Å². The molecule has 7 rings (SSSR count). The molecule has 5 aromatic carbocycles. The molecule has 2 aromatic heterocycles. The average molecular weight is 436 g/mol. The number of benzene rings is 5. The molecule has 0 atom stereocenters. The second-order valence-electron chi connectivity index (χ2n) is 9.62. The van der Waals surface area contributed by atoms with E-state index in [1.54, 1.807) is 0 Å². The normalized spacial score (nSPS) is 12.0. The zero-order valence-corrected chi connectivity index (χ0v) is 19.7. The van der Waals surface area contributed by atoms with Crippen LogP contribution in [0.3, 0.4) is 0 Å². The number of para-hydroxylation sites is 1. The van der Waals surface area contributed by atoms with Crippen LogP contribution in [-0.2, 0) is 0 Å².